The minimum atomic E-state index is -1.01. The molecule has 1 amide bonds. The number of aliphatic hydroxyl groups is 2. The summed E-state index contributed by atoms with van der Waals surface area (Å²) in [7, 11) is 0. The third kappa shape index (κ3) is 4.14. The summed E-state index contributed by atoms with van der Waals surface area (Å²) < 4.78 is 10.4. The molecular formula is C11H21NO5. The van der Waals surface area contributed by atoms with Crippen molar-refractivity contribution in [2.45, 2.75) is 38.5 Å². The molecule has 2 unspecified atom stereocenters. The summed E-state index contributed by atoms with van der Waals surface area (Å²) in [6.07, 6.45) is -1.50. The number of carbonyl (C=O) groups excluding carboxylic acids is 1. The maximum absolute atomic E-state index is 11.9. The molecule has 2 N–H and O–H groups in total. The van der Waals surface area contributed by atoms with Crippen molar-refractivity contribution in [3.05, 3.63) is 0 Å². The first-order valence-corrected chi connectivity index (χ1v) is 5.71. The number of nitrogens with zero attached hydrogens (tertiary/aromatic N) is 1. The molecule has 0 aromatic carbocycles. The zero-order valence-electron chi connectivity index (χ0n) is 10.5. The highest BCUT2D eigenvalue weighted by Crippen LogP contribution is 2.16. The van der Waals surface area contributed by atoms with E-state index < -0.39 is 30.4 Å². The van der Waals surface area contributed by atoms with Crippen molar-refractivity contribution in [2.24, 2.45) is 0 Å². The molecule has 1 heterocycles. The second-order valence-electron chi connectivity index (χ2n) is 5.07. The average Bonchev–Trinajstić information content (AvgIpc) is 2.25. The third-order valence-corrected chi connectivity index (χ3v) is 2.42. The smallest absolute Gasteiger partial charge is 0.410 e. The SMILES string of the molecule is CC(C)(C)OC(=O)N1CCOCC1C(O)CO. The lowest BCUT2D eigenvalue weighted by molar-refractivity contribution is -0.0763. The maximum Gasteiger partial charge on any atom is 0.410 e. The Morgan fingerprint density at radius 3 is 2.76 bits per heavy atom. The van der Waals surface area contributed by atoms with Crippen molar-refractivity contribution in [3.63, 3.8) is 0 Å². The first-order chi connectivity index (χ1) is 7.85. The average molecular weight is 247 g/mol. The zero-order valence-corrected chi connectivity index (χ0v) is 10.5. The van der Waals surface area contributed by atoms with Crippen LogP contribution in [-0.4, -0.2) is 65.3 Å². The molecule has 100 valence electrons. The summed E-state index contributed by atoms with van der Waals surface area (Å²) in [6.45, 7) is 5.91. The Balaban J connectivity index is 2.67. The fourth-order valence-corrected chi connectivity index (χ4v) is 1.61. The Morgan fingerprint density at radius 2 is 2.24 bits per heavy atom. The highest BCUT2D eigenvalue weighted by Gasteiger charge is 2.34. The molecule has 0 spiro atoms. The van der Waals surface area contributed by atoms with Gasteiger partial charge in [-0.2, -0.15) is 0 Å². The van der Waals surface area contributed by atoms with Crippen molar-refractivity contribution in [1.82, 2.24) is 4.90 Å². The Hall–Kier alpha value is -0.850. The lowest BCUT2D eigenvalue weighted by Crippen LogP contribution is -2.56. The Morgan fingerprint density at radius 1 is 1.59 bits per heavy atom. The van der Waals surface area contributed by atoms with E-state index in [0.717, 1.165) is 0 Å². The summed E-state index contributed by atoms with van der Waals surface area (Å²) in [4.78, 5) is 13.3. The van der Waals surface area contributed by atoms with Crippen LogP contribution >= 0.6 is 0 Å². The normalized spacial score (nSPS) is 23.4. The topological polar surface area (TPSA) is 79.2 Å². The molecule has 0 aromatic heterocycles. The molecule has 2 atom stereocenters. The highest BCUT2D eigenvalue weighted by molar-refractivity contribution is 5.68. The highest BCUT2D eigenvalue weighted by atomic mass is 16.6. The van der Waals surface area contributed by atoms with Crippen LogP contribution < -0.4 is 0 Å². The molecule has 1 saturated heterocycles. The summed E-state index contributed by atoms with van der Waals surface area (Å²) >= 11 is 0. The Labute approximate surface area is 101 Å². The van der Waals surface area contributed by atoms with E-state index in [2.05, 4.69) is 0 Å². The first-order valence-electron chi connectivity index (χ1n) is 5.71. The van der Waals surface area contributed by atoms with Gasteiger partial charge < -0.3 is 19.7 Å². The zero-order chi connectivity index (χ0) is 13.1. The number of amides is 1. The van der Waals surface area contributed by atoms with E-state index >= 15 is 0 Å². The Kier molecular flexibility index (Phi) is 4.73. The largest absolute Gasteiger partial charge is 0.444 e. The summed E-state index contributed by atoms with van der Waals surface area (Å²) in [5.74, 6) is 0. The molecule has 0 bridgehead atoms. The van der Waals surface area contributed by atoms with Crippen LogP contribution in [0.15, 0.2) is 0 Å². The number of morpholine rings is 1. The summed E-state index contributed by atoms with van der Waals surface area (Å²) in [6, 6.07) is -0.552. The van der Waals surface area contributed by atoms with Crippen molar-refractivity contribution in [1.29, 1.82) is 0 Å². The van der Waals surface area contributed by atoms with Crippen molar-refractivity contribution < 1.29 is 24.5 Å². The Bertz CT molecular complexity index is 263. The fraction of sp³-hybridized carbons (Fsp3) is 0.909. The molecule has 0 radical (unpaired) electrons. The number of hydrogen-bond acceptors (Lipinski definition) is 5. The van der Waals surface area contributed by atoms with Crippen LogP contribution in [0, 0.1) is 0 Å². The molecule has 0 aliphatic carbocycles. The predicted octanol–water partition coefficient (Wildman–Crippen LogP) is -0.0245. The number of hydrogen-bond donors (Lipinski definition) is 2. The second kappa shape index (κ2) is 5.66. The van der Waals surface area contributed by atoms with Gasteiger partial charge in [0.05, 0.1) is 32.0 Å². The van der Waals surface area contributed by atoms with Crippen LogP contribution in [0.4, 0.5) is 4.79 Å². The molecular weight excluding hydrogens is 226 g/mol. The molecule has 1 rings (SSSR count). The minimum Gasteiger partial charge on any atom is -0.444 e. The first kappa shape index (κ1) is 14.2. The van der Waals surface area contributed by atoms with Gasteiger partial charge in [0, 0.05) is 6.54 Å². The maximum atomic E-state index is 11.9. The molecule has 6 heteroatoms. The predicted molar refractivity (Wildman–Crippen MR) is 60.6 cm³/mol. The summed E-state index contributed by atoms with van der Waals surface area (Å²) in [5.41, 5.74) is -0.579. The molecule has 1 fully saturated rings. The van der Waals surface area contributed by atoms with Gasteiger partial charge in [0.2, 0.25) is 0 Å². The minimum absolute atomic E-state index is 0.209. The third-order valence-electron chi connectivity index (χ3n) is 2.42. The number of aliphatic hydroxyl groups excluding tert-OH is 2. The standard InChI is InChI=1S/C11H21NO5/c1-11(2,3)17-10(15)12-4-5-16-7-8(12)9(14)6-13/h8-9,13-14H,4-7H2,1-3H3. The lowest BCUT2D eigenvalue weighted by atomic mass is 10.1. The van der Waals surface area contributed by atoms with E-state index in [1.165, 1.54) is 4.90 Å². The van der Waals surface area contributed by atoms with E-state index in [1.807, 2.05) is 0 Å². The molecule has 6 nitrogen and oxygen atoms in total. The number of rotatable bonds is 2. The quantitative estimate of drug-likeness (QED) is 0.716. The van der Waals surface area contributed by atoms with Gasteiger partial charge in [-0.25, -0.2) is 4.79 Å². The van der Waals surface area contributed by atoms with Crippen LogP contribution in [0.3, 0.4) is 0 Å². The van der Waals surface area contributed by atoms with Gasteiger partial charge in [-0.15, -0.1) is 0 Å². The lowest BCUT2D eigenvalue weighted by Gasteiger charge is -2.38. The fourth-order valence-electron chi connectivity index (χ4n) is 1.61. The van der Waals surface area contributed by atoms with Gasteiger partial charge in [0.25, 0.3) is 0 Å². The van der Waals surface area contributed by atoms with E-state index in [0.29, 0.717) is 13.2 Å². The van der Waals surface area contributed by atoms with Gasteiger partial charge in [-0.3, -0.25) is 4.90 Å². The van der Waals surface area contributed by atoms with Crippen molar-refractivity contribution in [3.8, 4) is 0 Å². The van der Waals surface area contributed by atoms with Crippen LogP contribution in [0.2, 0.25) is 0 Å². The molecule has 17 heavy (non-hydrogen) atoms. The van der Waals surface area contributed by atoms with E-state index in [4.69, 9.17) is 14.6 Å². The summed E-state index contributed by atoms with van der Waals surface area (Å²) in [5, 5.41) is 18.6. The molecule has 1 aliphatic rings. The van der Waals surface area contributed by atoms with Gasteiger partial charge >= 0.3 is 6.09 Å². The molecule has 0 saturated carbocycles. The van der Waals surface area contributed by atoms with Gasteiger partial charge in [0.15, 0.2) is 0 Å². The number of ether oxygens (including phenoxy) is 2. The van der Waals surface area contributed by atoms with Gasteiger partial charge in [-0.1, -0.05) is 0 Å². The van der Waals surface area contributed by atoms with Crippen LogP contribution in [0.1, 0.15) is 20.8 Å². The van der Waals surface area contributed by atoms with Crippen LogP contribution in [0.5, 0.6) is 0 Å². The van der Waals surface area contributed by atoms with Gasteiger partial charge in [-0.05, 0) is 20.8 Å². The van der Waals surface area contributed by atoms with E-state index in [1.54, 1.807) is 20.8 Å². The molecule has 1 aliphatic heterocycles. The van der Waals surface area contributed by atoms with Crippen LogP contribution in [0.25, 0.3) is 0 Å². The second-order valence-corrected chi connectivity index (χ2v) is 5.07. The van der Waals surface area contributed by atoms with Gasteiger partial charge in [0.1, 0.15) is 5.60 Å². The van der Waals surface area contributed by atoms with Crippen molar-refractivity contribution in [2.75, 3.05) is 26.4 Å². The monoisotopic (exact) mass is 247 g/mol. The van der Waals surface area contributed by atoms with E-state index in [9.17, 15) is 9.90 Å². The van der Waals surface area contributed by atoms with Crippen molar-refractivity contribution >= 4 is 6.09 Å². The van der Waals surface area contributed by atoms with E-state index in [-0.39, 0.29) is 6.61 Å². The number of carbonyl (C=O) groups is 1. The molecule has 0 aromatic rings. The van der Waals surface area contributed by atoms with Crippen LogP contribution in [-0.2, 0) is 9.47 Å².